The number of hydrogen-bond acceptors (Lipinski definition) is 3. The molecule has 2 atom stereocenters. The zero-order chi connectivity index (χ0) is 23.5. The number of carbonyl (C=O) groups is 3. The third-order valence-corrected chi connectivity index (χ3v) is 6.25. The summed E-state index contributed by atoms with van der Waals surface area (Å²) in [6, 6.07) is 8.95. The van der Waals surface area contributed by atoms with Crippen molar-refractivity contribution in [3.05, 3.63) is 58.4 Å². The molecule has 1 aromatic carbocycles. The second-order valence-corrected chi connectivity index (χ2v) is 9.73. The van der Waals surface area contributed by atoms with Gasteiger partial charge in [0.05, 0.1) is 6.04 Å². The molecule has 1 heterocycles. The van der Waals surface area contributed by atoms with Gasteiger partial charge in [0.15, 0.2) is 5.78 Å². The van der Waals surface area contributed by atoms with Crippen molar-refractivity contribution >= 4 is 17.6 Å². The van der Waals surface area contributed by atoms with Gasteiger partial charge in [0.1, 0.15) is 11.7 Å². The molecular weight excluding hydrogens is 402 g/mol. The number of H-pyrrole nitrogens is 1. The molecule has 6 heteroatoms. The first-order chi connectivity index (χ1) is 15.1. The number of benzene rings is 1. The van der Waals surface area contributed by atoms with E-state index >= 15 is 0 Å². The van der Waals surface area contributed by atoms with Crippen LogP contribution in [0.25, 0.3) is 0 Å². The largest absolute Gasteiger partial charge is 0.354 e. The molecule has 2 aromatic rings. The Morgan fingerprint density at radius 1 is 1.12 bits per heavy atom. The van der Waals surface area contributed by atoms with E-state index in [1.807, 2.05) is 37.3 Å². The molecule has 0 bridgehead atoms. The number of rotatable bonds is 8. The number of unbranched alkanes of at least 4 members (excludes halogenated alkanes) is 1. The number of fused-ring (bicyclic) bond motifs is 1. The highest BCUT2D eigenvalue weighted by Gasteiger charge is 2.35. The molecule has 6 nitrogen and oxygen atoms in total. The normalized spacial score (nSPS) is 16.7. The average molecular weight is 438 g/mol. The molecule has 3 N–H and O–H groups in total. The Kier molecular flexibility index (Phi) is 7.22. The molecule has 3 rings (SSSR count). The second kappa shape index (κ2) is 9.72. The molecule has 0 saturated carbocycles. The number of amides is 2. The van der Waals surface area contributed by atoms with Gasteiger partial charge in [-0.3, -0.25) is 14.4 Å². The molecule has 1 aliphatic rings. The van der Waals surface area contributed by atoms with Gasteiger partial charge in [-0.25, -0.2) is 0 Å². The molecule has 0 fully saturated rings. The zero-order valence-electron chi connectivity index (χ0n) is 19.8. The third kappa shape index (κ3) is 5.29. The van der Waals surface area contributed by atoms with Crippen molar-refractivity contribution in [2.75, 3.05) is 0 Å². The van der Waals surface area contributed by atoms with Gasteiger partial charge in [0, 0.05) is 17.7 Å². The minimum atomic E-state index is -0.638. The topological polar surface area (TPSA) is 91.1 Å². The first-order valence-corrected chi connectivity index (χ1v) is 11.5. The molecular formula is C26H35N3O3. The third-order valence-electron chi connectivity index (χ3n) is 6.25. The van der Waals surface area contributed by atoms with Gasteiger partial charge in [-0.15, -0.1) is 0 Å². The SMILES string of the molecule is CCCCC(NC(=O)c1[nH]c2c(c1C)C(=O)CC(C)(C)C2)C(=O)N[C@@H](C)c1ccccc1. The summed E-state index contributed by atoms with van der Waals surface area (Å²) < 4.78 is 0. The summed E-state index contributed by atoms with van der Waals surface area (Å²) in [5.41, 5.74) is 3.39. The van der Waals surface area contributed by atoms with E-state index in [0.29, 0.717) is 29.7 Å². The predicted molar refractivity (Wildman–Crippen MR) is 126 cm³/mol. The minimum Gasteiger partial charge on any atom is -0.354 e. The van der Waals surface area contributed by atoms with Crippen molar-refractivity contribution in [2.45, 2.75) is 78.8 Å². The molecule has 1 aromatic heterocycles. The lowest BCUT2D eigenvalue weighted by Gasteiger charge is -2.28. The van der Waals surface area contributed by atoms with E-state index in [2.05, 4.69) is 36.4 Å². The van der Waals surface area contributed by atoms with Crippen LogP contribution in [0.5, 0.6) is 0 Å². The number of Topliss-reactive ketones (excluding diaryl/α,β-unsaturated/α-hetero) is 1. The molecule has 1 aliphatic carbocycles. The van der Waals surface area contributed by atoms with Gasteiger partial charge in [-0.05, 0) is 43.2 Å². The van der Waals surface area contributed by atoms with Crippen LogP contribution in [-0.4, -0.2) is 28.6 Å². The summed E-state index contributed by atoms with van der Waals surface area (Å²) in [6.07, 6.45) is 3.49. The lowest BCUT2D eigenvalue weighted by molar-refractivity contribution is -0.123. The van der Waals surface area contributed by atoms with E-state index in [1.165, 1.54) is 0 Å². The summed E-state index contributed by atoms with van der Waals surface area (Å²) in [4.78, 5) is 42.0. The summed E-state index contributed by atoms with van der Waals surface area (Å²) in [5, 5.41) is 5.94. The minimum absolute atomic E-state index is 0.0704. The predicted octanol–water partition coefficient (Wildman–Crippen LogP) is 4.64. The first-order valence-electron chi connectivity index (χ1n) is 11.5. The molecule has 1 unspecified atom stereocenters. The van der Waals surface area contributed by atoms with E-state index in [0.717, 1.165) is 30.5 Å². The number of aromatic amines is 1. The summed E-state index contributed by atoms with van der Waals surface area (Å²) in [6.45, 7) is 9.91. The van der Waals surface area contributed by atoms with Gasteiger partial charge < -0.3 is 15.6 Å². The fourth-order valence-electron chi connectivity index (χ4n) is 4.51. The monoisotopic (exact) mass is 437 g/mol. The maximum Gasteiger partial charge on any atom is 0.268 e. The molecule has 32 heavy (non-hydrogen) atoms. The Labute approximate surface area is 190 Å². The standard InChI is InChI=1S/C26H35N3O3/c1-6-7-13-19(24(31)27-17(3)18-11-9-8-10-12-18)29-25(32)23-16(2)22-20(28-23)14-26(4,5)15-21(22)30/h8-12,17,19,28H,6-7,13-15H2,1-5H3,(H,27,31)(H,29,32)/t17-,19?/m0/s1. The van der Waals surface area contributed by atoms with Crippen LogP contribution in [0.2, 0.25) is 0 Å². The van der Waals surface area contributed by atoms with Crippen molar-refractivity contribution in [3.63, 3.8) is 0 Å². The van der Waals surface area contributed by atoms with Crippen LogP contribution in [-0.2, 0) is 11.2 Å². The van der Waals surface area contributed by atoms with E-state index in [-0.39, 0.29) is 29.1 Å². The highest BCUT2D eigenvalue weighted by Crippen LogP contribution is 2.36. The van der Waals surface area contributed by atoms with Crippen LogP contribution < -0.4 is 10.6 Å². The number of hydrogen-bond donors (Lipinski definition) is 3. The van der Waals surface area contributed by atoms with Gasteiger partial charge in [0.2, 0.25) is 5.91 Å². The number of carbonyl (C=O) groups excluding carboxylic acids is 3. The number of nitrogens with one attached hydrogen (secondary N) is 3. The Balaban J connectivity index is 1.77. The van der Waals surface area contributed by atoms with Crippen molar-refractivity contribution < 1.29 is 14.4 Å². The lowest BCUT2D eigenvalue weighted by atomic mass is 9.75. The van der Waals surface area contributed by atoms with Crippen LogP contribution in [0.4, 0.5) is 0 Å². The van der Waals surface area contributed by atoms with E-state index in [4.69, 9.17) is 0 Å². The van der Waals surface area contributed by atoms with Crippen molar-refractivity contribution in [2.24, 2.45) is 5.41 Å². The van der Waals surface area contributed by atoms with Crippen LogP contribution in [0.15, 0.2) is 30.3 Å². The van der Waals surface area contributed by atoms with Gasteiger partial charge >= 0.3 is 0 Å². The van der Waals surface area contributed by atoms with Gasteiger partial charge in [0.25, 0.3) is 5.91 Å². The maximum absolute atomic E-state index is 13.2. The molecule has 0 saturated heterocycles. The fourth-order valence-corrected chi connectivity index (χ4v) is 4.51. The van der Waals surface area contributed by atoms with E-state index < -0.39 is 6.04 Å². The van der Waals surface area contributed by atoms with Crippen LogP contribution in [0.3, 0.4) is 0 Å². The highest BCUT2D eigenvalue weighted by atomic mass is 16.2. The lowest BCUT2D eigenvalue weighted by Crippen LogP contribution is -2.47. The van der Waals surface area contributed by atoms with E-state index in [1.54, 1.807) is 6.92 Å². The van der Waals surface area contributed by atoms with Crippen molar-refractivity contribution in [1.29, 1.82) is 0 Å². The van der Waals surface area contributed by atoms with E-state index in [9.17, 15) is 14.4 Å². The summed E-state index contributed by atoms with van der Waals surface area (Å²) >= 11 is 0. The van der Waals surface area contributed by atoms with Gasteiger partial charge in [-0.1, -0.05) is 63.9 Å². The summed E-state index contributed by atoms with van der Waals surface area (Å²) in [5.74, 6) is -0.471. The molecule has 172 valence electrons. The summed E-state index contributed by atoms with van der Waals surface area (Å²) in [7, 11) is 0. The smallest absolute Gasteiger partial charge is 0.268 e. The highest BCUT2D eigenvalue weighted by molar-refractivity contribution is 6.05. The van der Waals surface area contributed by atoms with Crippen LogP contribution in [0, 0.1) is 12.3 Å². The fraction of sp³-hybridized carbons (Fsp3) is 0.500. The second-order valence-electron chi connectivity index (χ2n) is 9.73. The van der Waals surface area contributed by atoms with Crippen molar-refractivity contribution in [1.82, 2.24) is 15.6 Å². The molecule has 0 radical (unpaired) electrons. The van der Waals surface area contributed by atoms with Crippen molar-refractivity contribution in [3.8, 4) is 0 Å². The Hall–Kier alpha value is -2.89. The molecule has 0 spiro atoms. The first kappa shape index (κ1) is 23.8. The molecule has 2 amide bonds. The van der Waals surface area contributed by atoms with Crippen LogP contribution in [0.1, 0.15) is 97.1 Å². The average Bonchev–Trinajstić information content (AvgIpc) is 3.06. The number of ketones is 1. The Bertz CT molecular complexity index is 991. The van der Waals surface area contributed by atoms with Crippen LogP contribution >= 0.6 is 0 Å². The zero-order valence-corrected chi connectivity index (χ0v) is 19.8. The number of aromatic nitrogens is 1. The quantitative estimate of drug-likeness (QED) is 0.562. The molecule has 0 aliphatic heterocycles. The maximum atomic E-state index is 13.2. The Morgan fingerprint density at radius 2 is 1.81 bits per heavy atom. The van der Waals surface area contributed by atoms with Gasteiger partial charge in [-0.2, -0.15) is 0 Å². The Morgan fingerprint density at radius 3 is 2.47 bits per heavy atom.